The number of carbonyl (C=O) groups is 1. The molecule has 0 unspecified atom stereocenters. The van der Waals surface area contributed by atoms with Gasteiger partial charge >= 0.3 is 0 Å². The van der Waals surface area contributed by atoms with E-state index in [4.69, 9.17) is 23.2 Å². The van der Waals surface area contributed by atoms with Crippen LogP contribution in [0.15, 0.2) is 72.8 Å². The van der Waals surface area contributed by atoms with Crippen LogP contribution in [0.2, 0.25) is 10.0 Å². The summed E-state index contributed by atoms with van der Waals surface area (Å²) in [6.45, 7) is 2.63. The molecule has 5 nitrogen and oxygen atoms in total. The van der Waals surface area contributed by atoms with Crippen LogP contribution < -0.4 is 5.32 Å². The molecule has 1 N–H and O–H groups in total. The predicted molar refractivity (Wildman–Crippen MR) is 141 cm³/mol. The Morgan fingerprint density at radius 2 is 1.66 bits per heavy atom. The van der Waals surface area contributed by atoms with E-state index >= 15 is 0 Å². The SMILES string of the molecule is Cc1ccccc1[C@@H](NC(=O)C1CCN(S(=O)(=O)Cc2ccc(Cl)cc2Cl)CC1)c1ccccc1. The second-order valence-electron chi connectivity index (χ2n) is 8.87. The molecule has 1 fully saturated rings. The van der Waals surface area contributed by atoms with Crippen LogP contribution in [-0.2, 0) is 20.6 Å². The Hall–Kier alpha value is -2.38. The number of carbonyl (C=O) groups excluding carboxylic acids is 1. The first-order chi connectivity index (χ1) is 16.7. The molecule has 0 aliphatic carbocycles. The first kappa shape index (κ1) is 25.7. The highest BCUT2D eigenvalue weighted by atomic mass is 35.5. The molecule has 35 heavy (non-hydrogen) atoms. The van der Waals surface area contributed by atoms with Gasteiger partial charge in [0.05, 0.1) is 11.8 Å². The van der Waals surface area contributed by atoms with E-state index in [0.29, 0.717) is 41.5 Å². The highest BCUT2D eigenvalue weighted by Gasteiger charge is 2.32. The molecule has 1 atom stereocenters. The third-order valence-electron chi connectivity index (χ3n) is 6.49. The highest BCUT2D eigenvalue weighted by molar-refractivity contribution is 7.88. The zero-order chi connectivity index (χ0) is 25.0. The summed E-state index contributed by atoms with van der Waals surface area (Å²) < 4.78 is 27.4. The third-order valence-corrected chi connectivity index (χ3v) is 8.90. The lowest BCUT2D eigenvalue weighted by Gasteiger charge is -2.32. The van der Waals surface area contributed by atoms with Crippen molar-refractivity contribution < 1.29 is 13.2 Å². The van der Waals surface area contributed by atoms with Gasteiger partial charge in [0.15, 0.2) is 0 Å². The average molecular weight is 532 g/mol. The van der Waals surface area contributed by atoms with Gasteiger partial charge in [-0.25, -0.2) is 12.7 Å². The number of nitrogens with zero attached hydrogens (tertiary/aromatic N) is 1. The second kappa shape index (κ2) is 11.1. The molecule has 1 amide bonds. The quantitative estimate of drug-likeness (QED) is 0.422. The van der Waals surface area contributed by atoms with Gasteiger partial charge in [0, 0.05) is 29.1 Å². The largest absolute Gasteiger partial charge is 0.345 e. The maximum Gasteiger partial charge on any atom is 0.223 e. The van der Waals surface area contributed by atoms with Gasteiger partial charge in [0.25, 0.3) is 0 Å². The van der Waals surface area contributed by atoms with Gasteiger partial charge in [-0.3, -0.25) is 4.79 Å². The van der Waals surface area contributed by atoms with Crippen LogP contribution in [0.1, 0.15) is 41.1 Å². The van der Waals surface area contributed by atoms with E-state index in [-0.39, 0.29) is 23.6 Å². The summed E-state index contributed by atoms with van der Waals surface area (Å²) in [7, 11) is -3.56. The van der Waals surface area contributed by atoms with Crippen molar-refractivity contribution in [1.29, 1.82) is 0 Å². The number of amides is 1. The summed E-state index contributed by atoms with van der Waals surface area (Å²) in [5.74, 6) is -0.501. The van der Waals surface area contributed by atoms with E-state index in [9.17, 15) is 13.2 Å². The van der Waals surface area contributed by atoms with Gasteiger partial charge in [0.2, 0.25) is 15.9 Å². The molecule has 0 saturated carbocycles. The number of nitrogens with one attached hydrogen (secondary N) is 1. The lowest BCUT2D eigenvalue weighted by molar-refractivity contribution is -0.126. The van der Waals surface area contributed by atoms with Crippen molar-refractivity contribution in [3.63, 3.8) is 0 Å². The fourth-order valence-electron chi connectivity index (χ4n) is 4.48. The van der Waals surface area contributed by atoms with E-state index in [1.54, 1.807) is 18.2 Å². The zero-order valence-electron chi connectivity index (χ0n) is 19.5. The average Bonchev–Trinajstić information content (AvgIpc) is 2.85. The first-order valence-electron chi connectivity index (χ1n) is 11.6. The second-order valence-corrected chi connectivity index (χ2v) is 11.7. The Balaban J connectivity index is 1.43. The van der Waals surface area contributed by atoms with Crippen molar-refractivity contribution in [3.8, 4) is 0 Å². The molecule has 1 aliphatic heterocycles. The van der Waals surface area contributed by atoms with Gasteiger partial charge in [-0.05, 0) is 54.2 Å². The molecule has 1 heterocycles. The minimum absolute atomic E-state index is 0.0556. The third kappa shape index (κ3) is 6.25. The number of sulfonamides is 1. The molecule has 0 aromatic heterocycles. The number of halogens is 2. The molecule has 3 aromatic rings. The van der Waals surface area contributed by atoms with Crippen molar-refractivity contribution in [3.05, 3.63) is 105 Å². The van der Waals surface area contributed by atoms with Crippen molar-refractivity contribution in [1.82, 2.24) is 9.62 Å². The van der Waals surface area contributed by atoms with E-state index in [2.05, 4.69) is 5.32 Å². The van der Waals surface area contributed by atoms with Crippen molar-refractivity contribution >= 4 is 39.1 Å². The number of benzene rings is 3. The normalized spacial score (nSPS) is 16.1. The van der Waals surface area contributed by atoms with Crippen LogP contribution in [0.25, 0.3) is 0 Å². The van der Waals surface area contributed by atoms with Crippen LogP contribution in [0.4, 0.5) is 0 Å². The van der Waals surface area contributed by atoms with Gasteiger partial charge in [-0.2, -0.15) is 0 Å². The van der Waals surface area contributed by atoms with Gasteiger partial charge < -0.3 is 5.32 Å². The molecular formula is C27H28Cl2N2O3S. The molecule has 0 radical (unpaired) electrons. The number of hydrogen-bond donors (Lipinski definition) is 1. The lowest BCUT2D eigenvalue weighted by Crippen LogP contribution is -2.44. The molecule has 3 aromatic carbocycles. The topological polar surface area (TPSA) is 66.5 Å². The van der Waals surface area contributed by atoms with Gasteiger partial charge in [-0.15, -0.1) is 0 Å². The Morgan fingerprint density at radius 1 is 1.00 bits per heavy atom. The van der Waals surface area contributed by atoms with Crippen molar-refractivity contribution in [2.45, 2.75) is 31.6 Å². The minimum Gasteiger partial charge on any atom is -0.345 e. The van der Waals surface area contributed by atoms with Gasteiger partial charge in [-0.1, -0.05) is 83.9 Å². The van der Waals surface area contributed by atoms with Crippen LogP contribution in [0.3, 0.4) is 0 Å². The van der Waals surface area contributed by atoms with E-state index in [0.717, 1.165) is 16.7 Å². The summed E-state index contributed by atoms with van der Waals surface area (Å²) in [4.78, 5) is 13.3. The summed E-state index contributed by atoms with van der Waals surface area (Å²) in [5, 5.41) is 4.02. The van der Waals surface area contributed by atoms with Crippen molar-refractivity contribution in [2.75, 3.05) is 13.1 Å². The fraction of sp³-hybridized carbons (Fsp3) is 0.296. The maximum atomic E-state index is 13.3. The Kier molecular flexibility index (Phi) is 8.17. The predicted octanol–water partition coefficient (Wildman–Crippen LogP) is 5.75. The molecule has 4 rings (SSSR count). The molecule has 1 saturated heterocycles. The standard InChI is InChI=1S/C27H28Cl2N2O3S/c1-19-7-5-6-10-24(19)26(20-8-3-2-4-9-20)30-27(32)21-13-15-31(16-14-21)35(33,34)18-22-11-12-23(28)17-25(22)29/h2-12,17,21,26H,13-16,18H2,1H3,(H,30,32)/t26-/m0/s1. The summed E-state index contributed by atoms with van der Waals surface area (Å²) >= 11 is 12.1. The highest BCUT2D eigenvalue weighted by Crippen LogP contribution is 2.29. The Morgan fingerprint density at radius 3 is 2.31 bits per heavy atom. The van der Waals surface area contributed by atoms with Gasteiger partial charge in [0.1, 0.15) is 0 Å². The molecule has 0 bridgehead atoms. The van der Waals surface area contributed by atoms with E-state index in [1.165, 1.54) is 4.31 Å². The summed E-state index contributed by atoms with van der Waals surface area (Å²) in [6.07, 6.45) is 0.934. The van der Waals surface area contributed by atoms with Crippen LogP contribution in [0.5, 0.6) is 0 Å². The number of hydrogen-bond acceptors (Lipinski definition) is 3. The Labute approximate surface area is 217 Å². The molecule has 184 valence electrons. The maximum absolute atomic E-state index is 13.3. The Bertz CT molecular complexity index is 1290. The minimum atomic E-state index is -3.56. The first-order valence-corrected chi connectivity index (χ1v) is 13.9. The number of aryl methyl sites for hydroxylation is 1. The zero-order valence-corrected chi connectivity index (χ0v) is 21.8. The molecule has 0 spiro atoms. The van der Waals surface area contributed by atoms with E-state index < -0.39 is 10.0 Å². The van der Waals surface area contributed by atoms with Crippen LogP contribution in [-0.4, -0.2) is 31.7 Å². The summed E-state index contributed by atoms with van der Waals surface area (Å²) in [5.41, 5.74) is 3.67. The van der Waals surface area contributed by atoms with E-state index in [1.807, 2.05) is 61.5 Å². The lowest BCUT2D eigenvalue weighted by atomic mass is 9.92. The summed E-state index contributed by atoms with van der Waals surface area (Å²) in [6, 6.07) is 22.5. The number of rotatable bonds is 7. The van der Waals surface area contributed by atoms with Crippen LogP contribution in [0, 0.1) is 12.8 Å². The molecule has 1 aliphatic rings. The number of piperidine rings is 1. The monoisotopic (exact) mass is 530 g/mol. The van der Waals surface area contributed by atoms with Crippen LogP contribution >= 0.6 is 23.2 Å². The fourth-order valence-corrected chi connectivity index (χ4v) is 6.63. The molecular weight excluding hydrogens is 503 g/mol. The molecule has 8 heteroatoms. The van der Waals surface area contributed by atoms with Crippen molar-refractivity contribution in [2.24, 2.45) is 5.92 Å². The smallest absolute Gasteiger partial charge is 0.223 e.